The van der Waals surface area contributed by atoms with Crippen LogP contribution < -0.4 is 14.4 Å². The van der Waals surface area contributed by atoms with E-state index >= 15 is 0 Å². The number of sulfonamides is 1. The molecule has 35 heavy (non-hydrogen) atoms. The van der Waals surface area contributed by atoms with Gasteiger partial charge in [0.2, 0.25) is 0 Å². The lowest BCUT2D eigenvalue weighted by molar-refractivity contribution is -0.143. The summed E-state index contributed by atoms with van der Waals surface area (Å²) in [7, 11) is -3.85. The maximum absolute atomic E-state index is 13.5. The molecule has 0 saturated heterocycles. The van der Waals surface area contributed by atoms with Gasteiger partial charge < -0.3 is 14.8 Å². The third-order valence-corrected chi connectivity index (χ3v) is 6.92. The predicted molar refractivity (Wildman–Crippen MR) is 136 cm³/mol. The van der Waals surface area contributed by atoms with Crippen molar-refractivity contribution in [2.24, 2.45) is 0 Å². The molecule has 0 aliphatic heterocycles. The van der Waals surface area contributed by atoms with E-state index in [-0.39, 0.29) is 23.8 Å². The summed E-state index contributed by atoms with van der Waals surface area (Å²) in [6, 6.07) is 17.4. The van der Waals surface area contributed by atoms with Crippen LogP contribution in [0, 0.1) is 6.92 Å². The van der Waals surface area contributed by atoms with E-state index in [9.17, 15) is 13.2 Å². The number of anilines is 2. The molecule has 3 rings (SSSR count). The molecule has 0 aliphatic rings. The average Bonchev–Trinajstić information content (AvgIpc) is 2.85. The molecule has 0 radical (unpaired) electrons. The number of hydrogen-bond acceptors (Lipinski definition) is 7. The molecule has 1 N–H and O–H groups in total. The number of esters is 1. The van der Waals surface area contributed by atoms with Gasteiger partial charge in [0.1, 0.15) is 12.4 Å². The summed E-state index contributed by atoms with van der Waals surface area (Å²) in [4.78, 5) is 16.0. The first-order valence-electron chi connectivity index (χ1n) is 11.5. The van der Waals surface area contributed by atoms with Crippen molar-refractivity contribution in [3.63, 3.8) is 0 Å². The Kier molecular flexibility index (Phi) is 9.48. The average molecular weight is 498 g/mol. The van der Waals surface area contributed by atoms with Crippen molar-refractivity contribution in [2.75, 3.05) is 35.9 Å². The van der Waals surface area contributed by atoms with Gasteiger partial charge in [-0.2, -0.15) is 0 Å². The highest BCUT2D eigenvalue weighted by atomic mass is 32.2. The van der Waals surface area contributed by atoms with Crippen molar-refractivity contribution in [3.05, 3.63) is 78.6 Å². The predicted octanol–water partition coefficient (Wildman–Crippen LogP) is 4.42. The summed E-state index contributed by atoms with van der Waals surface area (Å²) in [6.45, 7) is 5.00. The largest absolute Gasteiger partial charge is 0.492 e. The highest BCUT2D eigenvalue weighted by Gasteiger charge is 2.25. The minimum absolute atomic E-state index is 0.128. The number of hydrogen-bond donors (Lipinski definition) is 1. The van der Waals surface area contributed by atoms with Gasteiger partial charge in [0, 0.05) is 43.7 Å². The molecule has 8 nitrogen and oxygen atoms in total. The van der Waals surface area contributed by atoms with Gasteiger partial charge in [0.15, 0.2) is 0 Å². The van der Waals surface area contributed by atoms with E-state index in [0.717, 1.165) is 11.3 Å². The van der Waals surface area contributed by atoms with Crippen molar-refractivity contribution < 1.29 is 22.7 Å². The molecule has 1 aromatic heterocycles. The first-order valence-corrected chi connectivity index (χ1v) is 13.0. The molecule has 186 valence electrons. The first kappa shape index (κ1) is 26.0. The Balaban J connectivity index is 1.77. The minimum atomic E-state index is -3.85. The van der Waals surface area contributed by atoms with Crippen LogP contribution in [-0.2, 0) is 19.6 Å². The van der Waals surface area contributed by atoms with Gasteiger partial charge in [0.25, 0.3) is 10.0 Å². The van der Waals surface area contributed by atoms with Crippen LogP contribution in [0.4, 0.5) is 11.4 Å². The Bertz CT molecular complexity index is 1190. The van der Waals surface area contributed by atoms with E-state index in [1.54, 1.807) is 61.8 Å². The molecule has 0 unspecified atom stereocenters. The molecule has 2 aromatic carbocycles. The van der Waals surface area contributed by atoms with E-state index < -0.39 is 10.0 Å². The Morgan fingerprint density at radius 1 is 1.06 bits per heavy atom. The summed E-state index contributed by atoms with van der Waals surface area (Å²) >= 11 is 0. The van der Waals surface area contributed by atoms with Crippen molar-refractivity contribution in [1.82, 2.24) is 4.98 Å². The summed E-state index contributed by atoms with van der Waals surface area (Å²) in [5, 5.41) is 3.25. The number of nitrogens with one attached hydrogen (secondary N) is 1. The lowest BCUT2D eigenvalue weighted by Gasteiger charge is -2.25. The lowest BCUT2D eigenvalue weighted by Crippen LogP contribution is -2.32. The number of pyridine rings is 1. The normalized spacial score (nSPS) is 11.0. The SMILES string of the molecule is CCOC(=O)CCCN(c1cc(C)cc(OCCNc2ccncc2)c1)S(=O)(=O)c1ccccc1. The van der Waals surface area contributed by atoms with Crippen LogP contribution in [0.5, 0.6) is 5.75 Å². The van der Waals surface area contributed by atoms with Crippen LogP contribution in [0.25, 0.3) is 0 Å². The lowest BCUT2D eigenvalue weighted by atomic mass is 10.2. The highest BCUT2D eigenvalue weighted by Crippen LogP contribution is 2.29. The van der Waals surface area contributed by atoms with Gasteiger partial charge in [-0.15, -0.1) is 0 Å². The summed E-state index contributed by atoms with van der Waals surface area (Å²) < 4.78 is 39.3. The highest BCUT2D eigenvalue weighted by molar-refractivity contribution is 7.92. The number of aromatic nitrogens is 1. The molecule has 0 atom stereocenters. The second-order valence-electron chi connectivity index (χ2n) is 7.81. The van der Waals surface area contributed by atoms with Crippen LogP contribution in [0.15, 0.2) is 78.0 Å². The van der Waals surface area contributed by atoms with Crippen molar-refractivity contribution in [2.45, 2.75) is 31.6 Å². The maximum atomic E-state index is 13.5. The van der Waals surface area contributed by atoms with Crippen molar-refractivity contribution in [3.8, 4) is 5.75 Å². The monoisotopic (exact) mass is 497 g/mol. The first-order chi connectivity index (χ1) is 16.9. The number of benzene rings is 2. The Morgan fingerprint density at radius 2 is 1.80 bits per heavy atom. The van der Waals surface area contributed by atoms with E-state index in [2.05, 4.69) is 10.3 Å². The van der Waals surface area contributed by atoms with Gasteiger partial charge in [-0.1, -0.05) is 18.2 Å². The number of rotatable bonds is 13. The Labute approximate surface area is 207 Å². The van der Waals surface area contributed by atoms with E-state index in [4.69, 9.17) is 9.47 Å². The fraction of sp³-hybridized carbons (Fsp3) is 0.308. The molecule has 0 aliphatic carbocycles. The molecule has 0 fully saturated rings. The third kappa shape index (κ3) is 7.71. The van der Waals surface area contributed by atoms with Gasteiger partial charge in [-0.05, 0) is 62.2 Å². The van der Waals surface area contributed by atoms with E-state index in [0.29, 0.717) is 37.6 Å². The summed E-state index contributed by atoms with van der Waals surface area (Å²) in [5.74, 6) is 0.217. The molecule has 9 heteroatoms. The quantitative estimate of drug-likeness (QED) is 0.276. The minimum Gasteiger partial charge on any atom is -0.492 e. The van der Waals surface area contributed by atoms with Crippen LogP contribution >= 0.6 is 0 Å². The smallest absolute Gasteiger partial charge is 0.305 e. The summed E-state index contributed by atoms with van der Waals surface area (Å²) in [5.41, 5.74) is 2.28. The fourth-order valence-corrected chi connectivity index (χ4v) is 5.01. The number of nitrogens with zero attached hydrogens (tertiary/aromatic N) is 2. The molecule has 0 amide bonds. The fourth-order valence-electron chi connectivity index (χ4n) is 3.50. The van der Waals surface area contributed by atoms with Gasteiger partial charge in [-0.25, -0.2) is 8.42 Å². The topological polar surface area (TPSA) is 97.8 Å². The molecule has 0 spiro atoms. The van der Waals surface area contributed by atoms with Crippen LogP contribution in [0.3, 0.4) is 0 Å². The van der Waals surface area contributed by atoms with Crippen LogP contribution in [0.2, 0.25) is 0 Å². The van der Waals surface area contributed by atoms with Crippen LogP contribution in [0.1, 0.15) is 25.3 Å². The zero-order valence-electron chi connectivity index (χ0n) is 20.0. The number of carbonyl (C=O) groups is 1. The Morgan fingerprint density at radius 3 is 2.51 bits per heavy atom. The standard InChI is InChI=1S/C26H31N3O5S/c1-3-33-26(30)10-7-16-29(35(31,32)25-8-5-4-6-9-25)23-18-21(2)19-24(20-23)34-17-15-28-22-11-13-27-14-12-22/h4-6,8-9,11-14,18-20H,3,7,10,15-17H2,1-2H3,(H,27,28). The van der Waals surface area contributed by atoms with Crippen LogP contribution in [-0.4, -0.2) is 45.7 Å². The van der Waals surface area contributed by atoms with E-state index in [1.807, 2.05) is 25.1 Å². The molecular formula is C26H31N3O5S. The maximum Gasteiger partial charge on any atom is 0.305 e. The summed E-state index contributed by atoms with van der Waals surface area (Å²) in [6.07, 6.45) is 3.87. The molecular weight excluding hydrogens is 466 g/mol. The van der Waals surface area contributed by atoms with Gasteiger partial charge in [-0.3, -0.25) is 14.1 Å². The van der Waals surface area contributed by atoms with Gasteiger partial charge >= 0.3 is 5.97 Å². The number of aryl methyl sites for hydroxylation is 1. The number of carbonyl (C=O) groups excluding carboxylic acids is 1. The molecule has 0 saturated carbocycles. The zero-order chi connectivity index (χ0) is 25.1. The van der Waals surface area contributed by atoms with E-state index in [1.165, 1.54) is 4.31 Å². The van der Waals surface area contributed by atoms with Crippen molar-refractivity contribution in [1.29, 1.82) is 0 Å². The zero-order valence-corrected chi connectivity index (χ0v) is 20.8. The molecule has 1 heterocycles. The van der Waals surface area contributed by atoms with Crippen molar-refractivity contribution >= 4 is 27.4 Å². The second-order valence-corrected chi connectivity index (χ2v) is 9.68. The Hall–Kier alpha value is -3.59. The second kappa shape index (κ2) is 12.8. The van der Waals surface area contributed by atoms with Gasteiger partial charge in [0.05, 0.1) is 17.2 Å². The third-order valence-electron chi connectivity index (χ3n) is 5.08. The number of ether oxygens (including phenoxy) is 2. The molecule has 3 aromatic rings. The molecule has 0 bridgehead atoms.